The molecule has 39 heavy (non-hydrogen) atoms. The van der Waals surface area contributed by atoms with Crippen molar-refractivity contribution in [3.05, 3.63) is 133 Å². The van der Waals surface area contributed by atoms with Crippen LogP contribution in [0.2, 0.25) is 0 Å². The normalized spacial score (nSPS) is 11.6. The summed E-state index contributed by atoms with van der Waals surface area (Å²) >= 11 is 1.82. The van der Waals surface area contributed by atoms with Gasteiger partial charge in [0.2, 0.25) is 0 Å². The van der Waals surface area contributed by atoms with Gasteiger partial charge in [0.15, 0.2) is 5.58 Å². The summed E-state index contributed by atoms with van der Waals surface area (Å²) in [4.78, 5) is 7.11. The minimum Gasteiger partial charge on any atom is -0.422 e. The van der Waals surface area contributed by atoms with E-state index in [-0.39, 0.29) is 0 Å². The van der Waals surface area contributed by atoms with Crippen molar-refractivity contribution in [3.8, 4) is 11.1 Å². The van der Waals surface area contributed by atoms with Crippen LogP contribution in [-0.4, -0.2) is 4.98 Å². The van der Waals surface area contributed by atoms with Crippen LogP contribution in [0.15, 0.2) is 138 Å². The molecule has 0 atom stereocenters. The van der Waals surface area contributed by atoms with E-state index in [1.807, 2.05) is 35.6 Å². The van der Waals surface area contributed by atoms with Crippen LogP contribution < -0.4 is 4.90 Å². The van der Waals surface area contributed by atoms with E-state index in [0.717, 1.165) is 33.2 Å². The maximum absolute atomic E-state index is 6.57. The van der Waals surface area contributed by atoms with Gasteiger partial charge in [-0.3, -0.25) is 4.90 Å². The summed E-state index contributed by atoms with van der Waals surface area (Å²) in [6, 6.07) is 47.2. The Labute approximate surface area is 229 Å². The summed E-state index contributed by atoms with van der Waals surface area (Å²) in [6.07, 6.45) is 0. The van der Waals surface area contributed by atoms with Crippen LogP contribution in [0.4, 0.5) is 17.4 Å². The zero-order chi connectivity index (χ0) is 25.8. The van der Waals surface area contributed by atoms with Crippen LogP contribution in [0.25, 0.3) is 53.2 Å². The van der Waals surface area contributed by atoms with Gasteiger partial charge in [-0.2, -0.15) is 4.98 Å². The molecule has 0 saturated carbocycles. The zero-order valence-corrected chi connectivity index (χ0v) is 21.7. The zero-order valence-electron chi connectivity index (χ0n) is 20.9. The molecule has 0 radical (unpaired) electrons. The third-order valence-corrected chi connectivity index (χ3v) is 8.46. The molecule has 0 bridgehead atoms. The lowest BCUT2D eigenvalue weighted by Crippen LogP contribution is -2.10. The number of oxazole rings is 1. The Morgan fingerprint density at radius 2 is 1.23 bits per heavy atom. The minimum atomic E-state index is 0.549. The van der Waals surface area contributed by atoms with Crippen molar-refractivity contribution in [1.82, 2.24) is 4.98 Å². The van der Waals surface area contributed by atoms with Crippen molar-refractivity contribution in [2.75, 3.05) is 4.90 Å². The molecule has 0 aliphatic carbocycles. The van der Waals surface area contributed by atoms with Crippen molar-refractivity contribution < 1.29 is 4.42 Å². The quantitative estimate of drug-likeness (QED) is 0.232. The average Bonchev–Trinajstić information content (AvgIpc) is 3.60. The Hall–Kier alpha value is -4.93. The maximum atomic E-state index is 6.57. The minimum absolute atomic E-state index is 0.549. The lowest BCUT2D eigenvalue weighted by Gasteiger charge is -2.21. The molecule has 0 saturated heterocycles. The van der Waals surface area contributed by atoms with Crippen LogP contribution in [0.3, 0.4) is 0 Å². The fourth-order valence-electron chi connectivity index (χ4n) is 5.40. The molecule has 8 aromatic rings. The van der Waals surface area contributed by atoms with E-state index in [1.165, 1.54) is 31.3 Å². The maximum Gasteiger partial charge on any atom is 0.307 e. The summed E-state index contributed by atoms with van der Waals surface area (Å²) in [5.41, 5.74) is 6.00. The van der Waals surface area contributed by atoms with Crippen LogP contribution >= 0.6 is 11.3 Å². The molecule has 3 nitrogen and oxygen atoms in total. The molecule has 0 spiro atoms. The fraction of sp³-hybridized carbons (Fsp3) is 0. The van der Waals surface area contributed by atoms with Crippen molar-refractivity contribution in [2.24, 2.45) is 0 Å². The molecule has 0 aliphatic rings. The predicted molar refractivity (Wildman–Crippen MR) is 165 cm³/mol. The predicted octanol–water partition coefficient (Wildman–Crippen LogP) is 10.5. The topological polar surface area (TPSA) is 29.3 Å². The first-order valence-electron chi connectivity index (χ1n) is 13.0. The highest BCUT2D eigenvalue weighted by molar-refractivity contribution is 7.25. The first kappa shape index (κ1) is 22.1. The molecule has 0 unspecified atom stereocenters. The first-order valence-corrected chi connectivity index (χ1v) is 13.8. The van der Waals surface area contributed by atoms with Crippen LogP contribution in [0, 0.1) is 0 Å². The Morgan fingerprint density at radius 3 is 2.10 bits per heavy atom. The number of benzene rings is 6. The monoisotopic (exact) mass is 518 g/mol. The Kier molecular flexibility index (Phi) is 5.00. The summed E-state index contributed by atoms with van der Waals surface area (Å²) in [7, 11) is 0. The second kappa shape index (κ2) is 8.83. The Morgan fingerprint density at radius 1 is 0.538 bits per heavy atom. The van der Waals surface area contributed by atoms with Crippen molar-refractivity contribution in [2.45, 2.75) is 0 Å². The van der Waals surface area contributed by atoms with Gasteiger partial charge in [-0.15, -0.1) is 11.3 Å². The van der Waals surface area contributed by atoms with E-state index in [4.69, 9.17) is 9.40 Å². The first-order chi connectivity index (χ1) is 19.3. The molecule has 0 amide bonds. The molecule has 184 valence electrons. The van der Waals surface area contributed by atoms with Gasteiger partial charge in [0, 0.05) is 25.6 Å². The molecule has 0 aliphatic heterocycles. The van der Waals surface area contributed by atoms with Gasteiger partial charge in [0.1, 0.15) is 5.52 Å². The number of hydrogen-bond donors (Lipinski definition) is 0. The summed E-state index contributed by atoms with van der Waals surface area (Å²) in [5.74, 6) is 0. The molecular formula is C35H22N2OS. The van der Waals surface area contributed by atoms with Gasteiger partial charge in [0.05, 0.1) is 11.4 Å². The molecule has 6 aromatic carbocycles. The highest BCUT2D eigenvalue weighted by Crippen LogP contribution is 2.42. The average molecular weight is 519 g/mol. The number of aromatic nitrogens is 1. The van der Waals surface area contributed by atoms with Gasteiger partial charge < -0.3 is 4.42 Å². The van der Waals surface area contributed by atoms with Crippen molar-refractivity contribution in [3.63, 3.8) is 0 Å². The molecular weight excluding hydrogens is 496 g/mol. The largest absolute Gasteiger partial charge is 0.422 e. The lowest BCUT2D eigenvalue weighted by atomic mass is 10.1. The molecule has 2 aromatic heterocycles. The summed E-state index contributed by atoms with van der Waals surface area (Å²) in [5, 5.41) is 4.70. The number of thiophene rings is 1. The number of fused-ring (bicyclic) bond motifs is 6. The van der Waals surface area contributed by atoms with E-state index in [0.29, 0.717) is 6.01 Å². The molecule has 4 heteroatoms. The smallest absolute Gasteiger partial charge is 0.307 e. The SMILES string of the molecule is c1ccc(-c2ccc(N(c3ccc4sc5ccccc5c4c3)c3nc4ccc5ccccc5c4o3)cc2)cc1. The van der Waals surface area contributed by atoms with Gasteiger partial charge in [-0.25, -0.2) is 0 Å². The second-order valence-corrected chi connectivity index (χ2v) is 10.7. The number of hydrogen-bond acceptors (Lipinski definition) is 4. The molecule has 0 N–H and O–H groups in total. The van der Waals surface area contributed by atoms with E-state index in [1.54, 1.807) is 0 Å². The van der Waals surface area contributed by atoms with Crippen molar-refractivity contribution >= 4 is 70.8 Å². The Balaban J connectivity index is 1.33. The third-order valence-electron chi connectivity index (χ3n) is 7.31. The second-order valence-electron chi connectivity index (χ2n) is 9.66. The Bertz CT molecular complexity index is 2120. The summed E-state index contributed by atoms with van der Waals surface area (Å²) in [6.45, 7) is 0. The van der Waals surface area contributed by atoms with Gasteiger partial charge in [-0.1, -0.05) is 91.0 Å². The van der Waals surface area contributed by atoms with Crippen LogP contribution in [0.1, 0.15) is 0 Å². The summed E-state index contributed by atoms with van der Waals surface area (Å²) < 4.78 is 9.12. The number of nitrogens with zero attached hydrogens (tertiary/aromatic N) is 2. The molecule has 8 rings (SSSR count). The fourth-order valence-corrected chi connectivity index (χ4v) is 6.48. The van der Waals surface area contributed by atoms with Gasteiger partial charge in [-0.05, 0) is 59.0 Å². The van der Waals surface area contributed by atoms with E-state index in [9.17, 15) is 0 Å². The van der Waals surface area contributed by atoms with Gasteiger partial charge >= 0.3 is 6.01 Å². The highest BCUT2D eigenvalue weighted by Gasteiger charge is 2.21. The standard InChI is InChI=1S/C35H22N2OS/c1-2-8-23(9-3-1)24-14-17-26(18-15-24)37(27-19-21-33-30(22-27)29-12-6-7-13-32(29)39-33)35-36-31-20-16-25-10-4-5-11-28(25)34(31)38-35/h1-22H. The highest BCUT2D eigenvalue weighted by atomic mass is 32.1. The van der Waals surface area contributed by atoms with Crippen molar-refractivity contribution in [1.29, 1.82) is 0 Å². The van der Waals surface area contributed by atoms with Crippen LogP contribution in [-0.2, 0) is 0 Å². The number of rotatable bonds is 4. The lowest BCUT2D eigenvalue weighted by molar-refractivity contribution is 0.611. The van der Waals surface area contributed by atoms with Gasteiger partial charge in [0.25, 0.3) is 0 Å². The van der Waals surface area contributed by atoms with Crippen LogP contribution in [0.5, 0.6) is 0 Å². The van der Waals surface area contributed by atoms with E-state index < -0.39 is 0 Å². The van der Waals surface area contributed by atoms with E-state index >= 15 is 0 Å². The molecule has 0 fully saturated rings. The van der Waals surface area contributed by atoms with E-state index in [2.05, 4.69) is 114 Å². The third kappa shape index (κ3) is 3.69. The molecule has 2 heterocycles. The number of anilines is 3.